The van der Waals surface area contributed by atoms with E-state index in [2.05, 4.69) is 0 Å². The molecule has 0 bridgehead atoms. The Labute approximate surface area is 170 Å². The normalized spacial score (nSPS) is 12.6. The van der Waals surface area contributed by atoms with Crippen LogP contribution in [0.25, 0.3) is 0 Å². The molecule has 0 aliphatic rings. The van der Waals surface area contributed by atoms with Gasteiger partial charge in [0.2, 0.25) is 11.5 Å². The Morgan fingerprint density at radius 1 is 0.690 bits per heavy atom. The van der Waals surface area contributed by atoms with Gasteiger partial charge >= 0.3 is 0 Å². The molecule has 0 N–H and O–H groups in total. The van der Waals surface area contributed by atoms with Crippen LogP contribution >= 0.6 is 0 Å². The Balaban J connectivity index is 2.04. The van der Waals surface area contributed by atoms with E-state index in [0.717, 1.165) is 0 Å². The van der Waals surface area contributed by atoms with Crippen LogP contribution in [0.1, 0.15) is 40.5 Å². The molecule has 0 saturated heterocycles. The first-order valence-corrected chi connectivity index (χ1v) is 9.49. The molecule has 2 aromatic rings. The lowest BCUT2D eigenvalue weighted by Gasteiger charge is -2.17. The lowest BCUT2D eigenvalue weighted by molar-refractivity contribution is -0.411. The highest BCUT2D eigenvalue weighted by molar-refractivity contribution is 5.81. The van der Waals surface area contributed by atoms with Crippen LogP contribution in [-0.4, -0.2) is 23.8 Å². The average Bonchev–Trinajstić information content (AvgIpc) is 2.71. The highest BCUT2D eigenvalue weighted by atomic mass is 17.5. The molecule has 0 spiro atoms. The quantitative estimate of drug-likeness (QED) is 0.382. The molecule has 7 nitrogen and oxygen atoms in total. The van der Waals surface area contributed by atoms with Crippen LogP contribution in [0.3, 0.4) is 0 Å². The number of para-hydroxylation sites is 4. The molecule has 0 aromatic heterocycles. The van der Waals surface area contributed by atoms with E-state index in [9.17, 15) is 9.59 Å². The van der Waals surface area contributed by atoms with Crippen molar-refractivity contribution in [1.82, 2.24) is 0 Å². The van der Waals surface area contributed by atoms with Crippen LogP contribution in [0.5, 0.6) is 23.0 Å². The minimum Gasteiger partial charge on any atom is -0.479 e. The summed E-state index contributed by atoms with van der Waals surface area (Å²) in [5.74, 6) is 1.04. The topological polar surface area (TPSA) is 80.3 Å². The molecule has 2 unspecified atom stereocenters. The first-order valence-electron chi connectivity index (χ1n) is 9.49. The van der Waals surface area contributed by atoms with Crippen molar-refractivity contribution >= 4 is 11.6 Å². The lowest BCUT2D eigenvalue weighted by Crippen LogP contribution is -2.24. The lowest BCUT2D eigenvalue weighted by atomic mass is 10.2. The Morgan fingerprint density at radius 3 is 1.34 bits per heavy atom. The van der Waals surface area contributed by atoms with E-state index in [4.69, 9.17) is 24.3 Å². The fraction of sp³-hybridized carbons (Fsp3) is 0.364. The van der Waals surface area contributed by atoms with Gasteiger partial charge in [0.1, 0.15) is 0 Å². The second-order valence-corrected chi connectivity index (χ2v) is 6.38. The maximum atomic E-state index is 11.6. The van der Waals surface area contributed by atoms with Gasteiger partial charge in [-0.3, -0.25) is 19.4 Å². The van der Waals surface area contributed by atoms with E-state index in [1.165, 1.54) is 13.8 Å². The van der Waals surface area contributed by atoms with Crippen LogP contribution < -0.4 is 19.2 Å². The number of rotatable bonds is 12. The van der Waals surface area contributed by atoms with Crippen LogP contribution in [-0.2, 0) is 14.6 Å². The van der Waals surface area contributed by atoms with E-state index in [0.29, 0.717) is 24.3 Å². The molecule has 0 radical (unpaired) electrons. The molecule has 2 atom stereocenters. The van der Waals surface area contributed by atoms with Crippen LogP contribution in [0, 0.1) is 0 Å². The standard InChI is InChI=1S/C22H26O7/c1-5-17(15(3)23)25-19-11-7-9-13-21(19)27-29-28-22-14-10-8-12-20(22)26-18(6-2)16(4)24/h7-14,17-18H,5-6H2,1-4H3. The molecular formula is C22H26O7. The monoisotopic (exact) mass is 402 g/mol. The van der Waals surface area contributed by atoms with Crippen molar-refractivity contribution in [3.63, 3.8) is 0 Å². The molecule has 0 amide bonds. The minimum atomic E-state index is -0.577. The van der Waals surface area contributed by atoms with E-state index in [1.54, 1.807) is 48.5 Å². The Kier molecular flexibility index (Phi) is 8.48. The number of hydrogen-bond donors (Lipinski definition) is 0. The van der Waals surface area contributed by atoms with Crippen molar-refractivity contribution in [2.45, 2.75) is 52.7 Å². The van der Waals surface area contributed by atoms with Crippen molar-refractivity contribution in [1.29, 1.82) is 0 Å². The van der Waals surface area contributed by atoms with E-state index < -0.39 is 12.2 Å². The predicted molar refractivity (Wildman–Crippen MR) is 106 cm³/mol. The number of hydrogen-bond acceptors (Lipinski definition) is 7. The van der Waals surface area contributed by atoms with Crippen LogP contribution in [0.2, 0.25) is 0 Å². The minimum absolute atomic E-state index is 0.0819. The molecule has 2 aromatic carbocycles. The summed E-state index contributed by atoms with van der Waals surface area (Å²) >= 11 is 0. The van der Waals surface area contributed by atoms with Gasteiger partial charge in [0.05, 0.1) is 0 Å². The smallest absolute Gasteiger partial charge is 0.211 e. The molecule has 0 aliphatic heterocycles. The molecule has 156 valence electrons. The summed E-state index contributed by atoms with van der Waals surface area (Å²) in [6, 6.07) is 13.6. The van der Waals surface area contributed by atoms with Gasteiger partial charge in [-0.25, -0.2) is 0 Å². The van der Waals surface area contributed by atoms with Crippen molar-refractivity contribution < 1.29 is 33.9 Å². The summed E-state index contributed by atoms with van der Waals surface area (Å²) < 4.78 is 11.4. The summed E-state index contributed by atoms with van der Waals surface area (Å²) in [5, 5.41) is 4.91. The number of benzene rings is 2. The second-order valence-electron chi connectivity index (χ2n) is 6.38. The largest absolute Gasteiger partial charge is 0.479 e. The fourth-order valence-electron chi connectivity index (χ4n) is 2.54. The van der Waals surface area contributed by atoms with Gasteiger partial charge in [-0.15, -0.1) is 0 Å². The third-order valence-corrected chi connectivity index (χ3v) is 4.13. The average molecular weight is 402 g/mol. The zero-order valence-electron chi connectivity index (χ0n) is 17.0. The third-order valence-electron chi connectivity index (χ3n) is 4.13. The molecule has 7 heteroatoms. The summed E-state index contributed by atoms with van der Waals surface area (Å²) in [7, 11) is 0. The number of carbonyl (C=O) groups excluding carboxylic acids is 2. The first kappa shape index (κ1) is 22.2. The number of ketones is 2. The summed E-state index contributed by atoms with van der Waals surface area (Å²) in [5.41, 5.74) is 0. The van der Waals surface area contributed by atoms with E-state index in [-0.39, 0.29) is 23.1 Å². The van der Waals surface area contributed by atoms with Crippen molar-refractivity contribution in [3.8, 4) is 23.0 Å². The number of carbonyl (C=O) groups is 2. The van der Waals surface area contributed by atoms with Gasteiger partial charge < -0.3 is 9.47 Å². The highest BCUT2D eigenvalue weighted by Crippen LogP contribution is 2.31. The van der Waals surface area contributed by atoms with Gasteiger partial charge in [0.15, 0.2) is 35.3 Å². The van der Waals surface area contributed by atoms with Gasteiger partial charge in [-0.1, -0.05) is 38.1 Å². The van der Waals surface area contributed by atoms with E-state index in [1.807, 2.05) is 13.8 Å². The third kappa shape index (κ3) is 6.50. The molecule has 0 saturated carbocycles. The Bertz CT molecular complexity index is 751. The summed E-state index contributed by atoms with van der Waals surface area (Å²) in [6.07, 6.45) is -0.0965. The molecule has 29 heavy (non-hydrogen) atoms. The summed E-state index contributed by atoms with van der Waals surface area (Å²) in [6.45, 7) is 6.66. The number of Topliss-reactive ketones (excluding diaryl/α,β-unsaturated/α-hetero) is 2. The zero-order valence-corrected chi connectivity index (χ0v) is 17.0. The predicted octanol–water partition coefficient (Wildman–Crippen LogP) is 4.48. The fourth-order valence-corrected chi connectivity index (χ4v) is 2.54. The molecule has 0 heterocycles. The van der Waals surface area contributed by atoms with Crippen LogP contribution in [0.15, 0.2) is 48.5 Å². The van der Waals surface area contributed by atoms with Gasteiger partial charge in [-0.05, 0) is 51.0 Å². The maximum absolute atomic E-state index is 11.6. The highest BCUT2D eigenvalue weighted by Gasteiger charge is 2.18. The zero-order chi connectivity index (χ0) is 21.2. The molecule has 0 fully saturated rings. The van der Waals surface area contributed by atoms with Crippen molar-refractivity contribution in [2.75, 3.05) is 0 Å². The van der Waals surface area contributed by atoms with Crippen molar-refractivity contribution in [3.05, 3.63) is 48.5 Å². The first-order chi connectivity index (χ1) is 14.0. The van der Waals surface area contributed by atoms with Gasteiger partial charge in [-0.2, -0.15) is 0 Å². The molecule has 2 rings (SSSR count). The maximum Gasteiger partial charge on any atom is 0.211 e. The summed E-state index contributed by atoms with van der Waals surface area (Å²) in [4.78, 5) is 33.7. The van der Waals surface area contributed by atoms with Gasteiger partial charge in [0, 0.05) is 5.04 Å². The SMILES string of the molecule is CCC(Oc1ccccc1OOOc1ccccc1OC(CC)C(C)=O)C(C)=O. The van der Waals surface area contributed by atoms with Crippen molar-refractivity contribution in [2.24, 2.45) is 0 Å². The Hall–Kier alpha value is -3.06. The van der Waals surface area contributed by atoms with Crippen LogP contribution in [0.4, 0.5) is 0 Å². The Morgan fingerprint density at radius 2 is 1.03 bits per heavy atom. The molecule has 0 aliphatic carbocycles. The molecular weight excluding hydrogens is 376 g/mol. The second kappa shape index (κ2) is 11.1. The van der Waals surface area contributed by atoms with Gasteiger partial charge in [0.25, 0.3) is 0 Å². The van der Waals surface area contributed by atoms with E-state index >= 15 is 0 Å². The number of ether oxygens (including phenoxy) is 2.